The molecule has 0 spiro atoms. The van der Waals surface area contributed by atoms with Gasteiger partial charge in [0, 0.05) is 11.6 Å². The van der Waals surface area contributed by atoms with Crippen molar-refractivity contribution in [3.8, 4) is 22.8 Å². The number of aromatic nitrogens is 2. The normalized spacial score (nSPS) is 11.6. The number of anilines is 1. The summed E-state index contributed by atoms with van der Waals surface area (Å²) in [4.78, 5) is 31.8. The lowest BCUT2D eigenvalue weighted by Crippen LogP contribution is -2.23. The van der Waals surface area contributed by atoms with Gasteiger partial charge in [-0.1, -0.05) is 23.9 Å². The zero-order valence-electron chi connectivity index (χ0n) is 16.3. The molecule has 3 aromatic rings. The second-order valence-electron chi connectivity index (χ2n) is 6.11. The Hall–Kier alpha value is -3.26. The van der Waals surface area contributed by atoms with Crippen LogP contribution in [0.5, 0.6) is 11.5 Å². The van der Waals surface area contributed by atoms with Gasteiger partial charge in [0.25, 0.3) is 5.56 Å². The van der Waals surface area contributed by atoms with E-state index < -0.39 is 5.25 Å². The lowest BCUT2D eigenvalue weighted by atomic mass is 10.1. The van der Waals surface area contributed by atoms with E-state index in [2.05, 4.69) is 15.3 Å². The van der Waals surface area contributed by atoms with Gasteiger partial charge in [-0.15, -0.1) is 0 Å². The molecule has 7 nitrogen and oxygen atoms in total. The van der Waals surface area contributed by atoms with Crippen LogP contribution < -0.4 is 20.3 Å². The van der Waals surface area contributed by atoms with E-state index >= 15 is 0 Å². The summed E-state index contributed by atoms with van der Waals surface area (Å²) in [5.74, 6) is 1.07. The topological polar surface area (TPSA) is 93.3 Å². The third-order valence-corrected chi connectivity index (χ3v) is 5.11. The number of H-pyrrole nitrogens is 1. The van der Waals surface area contributed by atoms with E-state index in [9.17, 15) is 9.59 Å². The molecule has 1 aromatic heterocycles. The number of carbonyl (C=O) groups is 1. The van der Waals surface area contributed by atoms with Crippen molar-refractivity contribution in [1.82, 2.24) is 9.97 Å². The number of methoxy groups -OCH3 is 2. The molecule has 0 radical (unpaired) electrons. The van der Waals surface area contributed by atoms with Crippen molar-refractivity contribution in [2.75, 3.05) is 19.5 Å². The first-order valence-corrected chi connectivity index (χ1v) is 9.74. The SMILES string of the molecule is COc1ccc(-c2cc(=O)[nH]c(SC(C)C(=O)Nc3ccccc3OC)n2)cc1. The highest BCUT2D eigenvalue weighted by atomic mass is 32.2. The number of hydrogen-bond donors (Lipinski definition) is 2. The van der Waals surface area contributed by atoms with Gasteiger partial charge in [-0.05, 0) is 43.3 Å². The number of nitrogens with one attached hydrogen (secondary N) is 2. The third-order valence-electron chi connectivity index (χ3n) is 4.13. The minimum absolute atomic E-state index is 0.225. The molecule has 0 aliphatic rings. The van der Waals surface area contributed by atoms with Crippen molar-refractivity contribution >= 4 is 23.4 Å². The predicted molar refractivity (Wildman–Crippen MR) is 114 cm³/mol. The van der Waals surface area contributed by atoms with Crippen LogP contribution in [0.2, 0.25) is 0 Å². The van der Waals surface area contributed by atoms with E-state index in [4.69, 9.17) is 9.47 Å². The van der Waals surface area contributed by atoms with Gasteiger partial charge in [0.1, 0.15) is 11.5 Å². The van der Waals surface area contributed by atoms with Crippen LogP contribution in [0.1, 0.15) is 6.92 Å². The van der Waals surface area contributed by atoms with E-state index in [1.54, 1.807) is 45.4 Å². The number of ether oxygens (including phenoxy) is 2. The van der Waals surface area contributed by atoms with Gasteiger partial charge < -0.3 is 19.8 Å². The number of rotatable bonds is 7. The number of carbonyl (C=O) groups excluding carboxylic acids is 1. The Morgan fingerprint density at radius 2 is 1.83 bits per heavy atom. The Morgan fingerprint density at radius 1 is 1.10 bits per heavy atom. The van der Waals surface area contributed by atoms with E-state index in [0.717, 1.165) is 11.3 Å². The summed E-state index contributed by atoms with van der Waals surface area (Å²) < 4.78 is 10.4. The van der Waals surface area contributed by atoms with Gasteiger partial charge in [-0.3, -0.25) is 9.59 Å². The molecular weight excluding hydrogens is 390 g/mol. The van der Waals surface area contributed by atoms with Crippen molar-refractivity contribution in [3.63, 3.8) is 0 Å². The maximum atomic E-state index is 12.6. The molecule has 0 saturated carbocycles. The smallest absolute Gasteiger partial charge is 0.252 e. The molecule has 29 heavy (non-hydrogen) atoms. The zero-order chi connectivity index (χ0) is 20.8. The monoisotopic (exact) mass is 411 g/mol. The van der Waals surface area contributed by atoms with Gasteiger partial charge in [0.15, 0.2) is 5.16 Å². The second-order valence-corrected chi connectivity index (χ2v) is 7.44. The number of hydrogen-bond acceptors (Lipinski definition) is 6. The second kappa shape index (κ2) is 9.29. The van der Waals surface area contributed by atoms with Crippen LogP contribution in [0.25, 0.3) is 11.3 Å². The Kier molecular flexibility index (Phi) is 6.56. The van der Waals surface area contributed by atoms with Gasteiger partial charge >= 0.3 is 0 Å². The molecule has 0 saturated heterocycles. The lowest BCUT2D eigenvalue weighted by molar-refractivity contribution is -0.115. The maximum absolute atomic E-state index is 12.6. The van der Waals surface area contributed by atoms with Gasteiger partial charge in [0.2, 0.25) is 5.91 Å². The first-order valence-electron chi connectivity index (χ1n) is 8.86. The molecule has 8 heteroatoms. The zero-order valence-corrected chi connectivity index (χ0v) is 17.1. The van der Waals surface area contributed by atoms with Crippen LogP contribution in [0.15, 0.2) is 64.5 Å². The summed E-state index contributed by atoms with van der Waals surface area (Å²) in [5, 5.41) is 2.71. The molecule has 0 aliphatic heterocycles. The van der Waals surface area contributed by atoms with E-state index in [-0.39, 0.29) is 11.5 Å². The Labute approximate surface area is 172 Å². The molecule has 0 aliphatic carbocycles. The van der Waals surface area contributed by atoms with E-state index in [1.165, 1.54) is 17.8 Å². The third kappa shape index (κ3) is 5.17. The van der Waals surface area contributed by atoms with Gasteiger partial charge in [-0.25, -0.2) is 4.98 Å². The van der Waals surface area contributed by atoms with Crippen LogP contribution in [-0.2, 0) is 4.79 Å². The Bertz CT molecular complexity index is 1050. The van der Waals surface area contributed by atoms with Crippen LogP contribution in [-0.4, -0.2) is 35.3 Å². The van der Waals surface area contributed by atoms with Crippen LogP contribution in [0.4, 0.5) is 5.69 Å². The summed E-state index contributed by atoms with van der Waals surface area (Å²) >= 11 is 1.17. The number of nitrogens with zero attached hydrogens (tertiary/aromatic N) is 1. The van der Waals surface area contributed by atoms with Crippen LogP contribution in [0, 0.1) is 0 Å². The molecule has 1 atom stereocenters. The molecule has 2 aromatic carbocycles. The molecule has 1 heterocycles. The molecule has 2 N–H and O–H groups in total. The fourth-order valence-corrected chi connectivity index (χ4v) is 3.42. The summed E-state index contributed by atoms with van der Waals surface area (Å²) in [7, 11) is 3.13. The summed E-state index contributed by atoms with van der Waals surface area (Å²) in [6.45, 7) is 1.75. The largest absolute Gasteiger partial charge is 0.497 e. The van der Waals surface area contributed by atoms with Gasteiger partial charge in [0.05, 0.1) is 30.9 Å². The molecule has 150 valence electrons. The van der Waals surface area contributed by atoms with E-state index in [1.807, 2.05) is 24.3 Å². The molecule has 1 unspecified atom stereocenters. The number of aromatic amines is 1. The van der Waals surface area contributed by atoms with Crippen molar-refractivity contribution in [2.24, 2.45) is 0 Å². The average molecular weight is 411 g/mol. The molecule has 3 rings (SSSR count). The Morgan fingerprint density at radius 3 is 2.52 bits per heavy atom. The highest BCUT2D eigenvalue weighted by Crippen LogP contribution is 2.27. The average Bonchev–Trinajstić information content (AvgIpc) is 2.73. The fourth-order valence-electron chi connectivity index (χ4n) is 2.60. The predicted octanol–water partition coefficient (Wildman–Crippen LogP) is 3.57. The number of amides is 1. The van der Waals surface area contributed by atoms with Crippen molar-refractivity contribution in [2.45, 2.75) is 17.3 Å². The number of benzene rings is 2. The fraction of sp³-hybridized carbons (Fsp3) is 0.190. The maximum Gasteiger partial charge on any atom is 0.252 e. The molecular formula is C21H21N3O4S. The number of para-hydroxylation sites is 2. The summed E-state index contributed by atoms with van der Waals surface area (Å²) in [6, 6.07) is 15.8. The standard InChI is InChI=1S/C21H21N3O4S/c1-13(20(26)22-16-6-4-5-7-18(16)28-3)29-21-23-17(12-19(25)24-21)14-8-10-15(27-2)11-9-14/h4-13H,1-3H3,(H,22,26)(H,23,24,25). The number of thioether (sulfide) groups is 1. The van der Waals surface area contributed by atoms with Crippen LogP contribution >= 0.6 is 11.8 Å². The van der Waals surface area contributed by atoms with E-state index in [0.29, 0.717) is 22.3 Å². The minimum Gasteiger partial charge on any atom is -0.497 e. The van der Waals surface area contributed by atoms with Gasteiger partial charge in [-0.2, -0.15) is 0 Å². The Balaban J connectivity index is 1.76. The lowest BCUT2D eigenvalue weighted by Gasteiger charge is -2.14. The summed E-state index contributed by atoms with van der Waals surface area (Å²) in [6.07, 6.45) is 0. The molecule has 1 amide bonds. The minimum atomic E-state index is -0.492. The van der Waals surface area contributed by atoms with Crippen molar-refractivity contribution in [1.29, 1.82) is 0 Å². The highest BCUT2D eigenvalue weighted by molar-refractivity contribution is 8.00. The van der Waals surface area contributed by atoms with Crippen LogP contribution in [0.3, 0.4) is 0 Å². The first kappa shape index (κ1) is 20.5. The summed E-state index contributed by atoms with van der Waals surface area (Å²) in [5.41, 5.74) is 1.60. The molecule has 0 bridgehead atoms. The quantitative estimate of drug-likeness (QED) is 0.456. The molecule has 0 fully saturated rings. The van der Waals surface area contributed by atoms with Crippen molar-refractivity contribution in [3.05, 3.63) is 65.0 Å². The highest BCUT2D eigenvalue weighted by Gasteiger charge is 2.18. The van der Waals surface area contributed by atoms with Crippen molar-refractivity contribution < 1.29 is 14.3 Å². The first-order chi connectivity index (χ1) is 14.0.